The minimum absolute atomic E-state index is 0.0796. The minimum Gasteiger partial charge on any atom is -0.492 e. The molecule has 156 valence electrons. The Morgan fingerprint density at radius 3 is 2.38 bits per heavy atom. The van der Waals surface area contributed by atoms with E-state index in [1.807, 2.05) is 31.2 Å². The summed E-state index contributed by atoms with van der Waals surface area (Å²) in [5.41, 5.74) is 0.985. The highest BCUT2D eigenvalue weighted by Gasteiger charge is 2.24. The molecule has 2 aromatic carbocycles. The van der Waals surface area contributed by atoms with Crippen molar-refractivity contribution in [1.29, 1.82) is 0 Å². The standard InChI is InChI=1S/C20H24FN3O4S/c1-2-28-19-6-4-3-5-18(19)23-11-13-24(14-12-23)20(25)15-22-29(26,27)17-9-7-16(21)8-10-17/h3-10,22H,2,11-15H2,1H3. The van der Waals surface area contributed by atoms with Gasteiger partial charge in [-0.05, 0) is 43.3 Å². The number of hydrogen-bond acceptors (Lipinski definition) is 5. The van der Waals surface area contributed by atoms with E-state index < -0.39 is 15.8 Å². The molecule has 7 nitrogen and oxygen atoms in total. The lowest BCUT2D eigenvalue weighted by atomic mass is 10.2. The van der Waals surface area contributed by atoms with Crippen LogP contribution in [0.25, 0.3) is 0 Å². The fraction of sp³-hybridized carbons (Fsp3) is 0.350. The van der Waals surface area contributed by atoms with Gasteiger partial charge in [-0.3, -0.25) is 4.79 Å². The number of para-hydroxylation sites is 2. The first-order valence-electron chi connectivity index (χ1n) is 9.40. The SMILES string of the molecule is CCOc1ccccc1N1CCN(C(=O)CNS(=O)(=O)c2ccc(F)cc2)CC1. The Kier molecular flexibility index (Phi) is 6.71. The van der Waals surface area contributed by atoms with E-state index in [9.17, 15) is 17.6 Å². The molecule has 1 aliphatic rings. The smallest absolute Gasteiger partial charge is 0.241 e. The third-order valence-corrected chi connectivity index (χ3v) is 6.09. The fourth-order valence-electron chi connectivity index (χ4n) is 3.16. The van der Waals surface area contributed by atoms with E-state index in [-0.39, 0.29) is 17.3 Å². The Hall–Kier alpha value is -2.65. The molecule has 0 unspecified atom stereocenters. The summed E-state index contributed by atoms with van der Waals surface area (Å²) in [4.78, 5) is 16.1. The molecule has 1 N–H and O–H groups in total. The Bertz CT molecular complexity index is 942. The molecular formula is C20H24FN3O4S. The number of sulfonamides is 1. The second-order valence-corrected chi connectivity index (χ2v) is 8.31. The molecule has 0 atom stereocenters. The highest BCUT2D eigenvalue weighted by Crippen LogP contribution is 2.28. The molecule has 1 heterocycles. The molecule has 1 fully saturated rings. The van der Waals surface area contributed by atoms with Gasteiger partial charge in [0.15, 0.2) is 0 Å². The molecule has 0 aromatic heterocycles. The van der Waals surface area contributed by atoms with Crippen LogP contribution in [0.1, 0.15) is 6.92 Å². The van der Waals surface area contributed by atoms with Crippen LogP contribution in [-0.4, -0.2) is 58.6 Å². The van der Waals surface area contributed by atoms with Crippen molar-refractivity contribution in [2.24, 2.45) is 0 Å². The lowest BCUT2D eigenvalue weighted by Crippen LogP contribution is -2.51. The quantitative estimate of drug-likeness (QED) is 0.738. The van der Waals surface area contributed by atoms with Crippen molar-refractivity contribution in [3.63, 3.8) is 0 Å². The third kappa shape index (κ3) is 5.24. The first-order valence-corrected chi connectivity index (χ1v) is 10.9. The van der Waals surface area contributed by atoms with Crippen LogP contribution >= 0.6 is 0 Å². The number of rotatable bonds is 7. The van der Waals surface area contributed by atoms with Crippen molar-refractivity contribution in [2.75, 3.05) is 44.2 Å². The van der Waals surface area contributed by atoms with E-state index in [2.05, 4.69) is 9.62 Å². The van der Waals surface area contributed by atoms with Crippen LogP contribution in [0.5, 0.6) is 5.75 Å². The zero-order valence-electron chi connectivity index (χ0n) is 16.2. The van der Waals surface area contributed by atoms with Crippen LogP contribution < -0.4 is 14.4 Å². The van der Waals surface area contributed by atoms with Crippen molar-refractivity contribution < 1.29 is 22.3 Å². The second kappa shape index (κ2) is 9.23. The summed E-state index contributed by atoms with van der Waals surface area (Å²) in [7, 11) is -3.87. The van der Waals surface area contributed by atoms with Crippen LogP contribution in [0.4, 0.5) is 10.1 Å². The molecule has 0 radical (unpaired) electrons. The number of nitrogens with zero attached hydrogens (tertiary/aromatic N) is 2. The van der Waals surface area contributed by atoms with Crippen LogP contribution in [0.2, 0.25) is 0 Å². The molecule has 3 rings (SSSR count). The lowest BCUT2D eigenvalue weighted by molar-refractivity contribution is -0.130. The van der Waals surface area contributed by atoms with Gasteiger partial charge in [0.2, 0.25) is 15.9 Å². The molecule has 2 aromatic rings. The van der Waals surface area contributed by atoms with Gasteiger partial charge in [0.1, 0.15) is 11.6 Å². The van der Waals surface area contributed by atoms with Crippen LogP contribution in [-0.2, 0) is 14.8 Å². The van der Waals surface area contributed by atoms with E-state index in [0.29, 0.717) is 32.8 Å². The van der Waals surface area contributed by atoms with Crippen molar-refractivity contribution in [2.45, 2.75) is 11.8 Å². The first-order chi connectivity index (χ1) is 13.9. The van der Waals surface area contributed by atoms with E-state index in [1.165, 1.54) is 0 Å². The Morgan fingerprint density at radius 1 is 1.07 bits per heavy atom. The minimum atomic E-state index is -3.87. The molecule has 1 amide bonds. The Balaban J connectivity index is 1.54. The van der Waals surface area contributed by atoms with Crippen molar-refractivity contribution in [3.05, 3.63) is 54.3 Å². The van der Waals surface area contributed by atoms with Gasteiger partial charge in [0.25, 0.3) is 0 Å². The van der Waals surface area contributed by atoms with Crippen molar-refractivity contribution in [1.82, 2.24) is 9.62 Å². The monoisotopic (exact) mass is 421 g/mol. The van der Waals surface area contributed by atoms with Crippen LogP contribution in [0, 0.1) is 5.82 Å². The predicted molar refractivity (Wildman–Crippen MR) is 108 cm³/mol. The average molecular weight is 421 g/mol. The number of anilines is 1. The second-order valence-electron chi connectivity index (χ2n) is 6.55. The van der Waals surface area contributed by atoms with E-state index in [1.54, 1.807) is 4.90 Å². The molecule has 29 heavy (non-hydrogen) atoms. The van der Waals surface area contributed by atoms with Gasteiger partial charge in [0, 0.05) is 26.2 Å². The Morgan fingerprint density at radius 2 is 1.72 bits per heavy atom. The number of halogens is 1. The van der Waals surface area contributed by atoms with Crippen molar-refractivity contribution >= 4 is 21.6 Å². The topological polar surface area (TPSA) is 79.0 Å². The summed E-state index contributed by atoms with van der Waals surface area (Å²) in [6.07, 6.45) is 0. The molecule has 9 heteroatoms. The first kappa shape index (κ1) is 21.1. The summed E-state index contributed by atoms with van der Waals surface area (Å²) in [6, 6.07) is 12.2. The maximum Gasteiger partial charge on any atom is 0.241 e. The number of hydrogen-bond donors (Lipinski definition) is 1. The van der Waals surface area contributed by atoms with Gasteiger partial charge in [-0.2, -0.15) is 0 Å². The zero-order valence-corrected chi connectivity index (χ0v) is 17.0. The van der Waals surface area contributed by atoms with Gasteiger partial charge in [-0.1, -0.05) is 12.1 Å². The summed E-state index contributed by atoms with van der Waals surface area (Å²) < 4.78 is 45.4. The van der Waals surface area contributed by atoms with Gasteiger partial charge in [-0.15, -0.1) is 0 Å². The van der Waals surface area contributed by atoms with Gasteiger partial charge in [0.05, 0.1) is 23.7 Å². The lowest BCUT2D eigenvalue weighted by Gasteiger charge is -2.36. The molecule has 1 saturated heterocycles. The number of benzene rings is 2. The molecular weight excluding hydrogens is 397 g/mol. The summed E-state index contributed by atoms with van der Waals surface area (Å²) >= 11 is 0. The number of carbonyl (C=O) groups is 1. The fourth-order valence-corrected chi connectivity index (χ4v) is 4.13. The molecule has 1 aliphatic heterocycles. The normalized spacial score (nSPS) is 14.7. The summed E-state index contributed by atoms with van der Waals surface area (Å²) in [5.74, 6) is -0.0147. The maximum atomic E-state index is 13.0. The van der Waals surface area contributed by atoms with Crippen LogP contribution in [0.3, 0.4) is 0 Å². The zero-order chi connectivity index (χ0) is 20.9. The van der Waals surface area contributed by atoms with E-state index in [0.717, 1.165) is 35.7 Å². The molecule has 0 bridgehead atoms. The van der Waals surface area contributed by atoms with Crippen LogP contribution in [0.15, 0.2) is 53.4 Å². The summed E-state index contributed by atoms with van der Waals surface area (Å²) in [5, 5.41) is 0. The average Bonchev–Trinajstić information content (AvgIpc) is 2.73. The number of carbonyl (C=O) groups excluding carboxylic acids is 1. The van der Waals surface area contributed by atoms with E-state index in [4.69, 9.17) is 4.74 Å². The van der Waals surface area contributed by atoms with Gasteiger partial charge < -0.3 is 14.5 Å². The Labute approximate surface area is 170 Å². The van der Waals surface area contributed by atoms with E-state index >= 15 is 0 Å². The molecule has 0 aliphatic carbocycles. The van der Waals surface area contributed by atoms with Gasteiger partial charge in [-0.25, -0.2) is 17.5 Å². The number of nitrogens with one attached hydrogen (secondary N) is 1. The highest BCUT2D eigenvalue weighted by atomic mass is 32.2. The van der Waals surface area contributed by atoms with Crippen molar-refractivity contribution in [3.8, 4) is 5.75 Å². The largest absolute Gasteiger partial charge is 0.492 e. The third-order valence-electron chi connectivity index (χ3n) is 4.68. The molecule has 0 spiro atoms. The number of ether oxygens (including phenoxy) is 1. The van der Waals surface area contributed by atoms with Gasteiger partial charge >= 0.3 is 0 Å². The number of amides is 1. The summed E-state index contributed by atoms with van der Waals surface area (Å²) in [6.45, 7) is 4.38. The maximum absolute atomic E-state index is 13.0. The predicted octanol–water partition coefficient (Wildman–Crippen LogP) is 1.85. The highest BCUT2D eigenvalue weighted by molar-refractivity contribution is 7.89. The molecule has 0 saturated carbocycles. The number of piperazine rings is 1.